The van der Waals surface area contributed by atoms with E-state index >= 15 is 0 Å². The molecule has 0 aliphatic rings. The summed E-state index contributed by atoms with van der Waals surface area (Å²) in [4.78, 5) is 38.8. The molecule has 0 aliphatic carbocycles. The second-order valence-electron chi connectivity index (χ2n) is 5.17. The molecule has 0 radical (unpaired) electrons. The van der Waals surface area contributed by atoms with E-state index in [9.17, 15) is 24.6 Å². The highest BCUT2D eigenvalue weighted by molar-refractivity contribution is 7.20. The lowest BCUT2D eigenvalue weighted by molar-refractivity contribution is 0.0683. The van der Waals surface area contributed by atoms with Gasteiger partial charge in [-0.25, -0.2) is 9.59 Å². The van der Waals surface area contributed by atoms with Crippen molar-refractivity contribution in [2.45, 2.75) is 6.92 Å². The van der Waals surface area contributed by atoms with Crippen LogP contribution in [-0.2, 0) is 0 Å². The van der Waals surface area contributed by atoms with E-state index in [2.05, 4.69) is 4.98 Å². The van der Waals surface area contributed by atoms with Crippen LogP contribution in [0.4, 0.5) is 0 Å². The van der Waals surface area contributed by atoms with Crippen LogP contribution >= 0.6 is 34.5 Å². The number of aromatic nitrogens is 1. The first-order valence-corrected chi connectivity index (χ1v) is 8.41. The maximum absolute atomic E-state index is 13.0. The van der Waals surface area contributed by atoms with E-state index in [4.69, 9.17) is 23.2 Å². The topological polar surface area (TPSA) is 107 Å². The molecule has 1 aromatic carbocycles. The molecule has 0 unspecified atom stereocenters. The van der Waals surface area contributed by atoms with E-state index in [1.807, 2.05) is 0 Å². The number of benzene rings is 1. The third-order valence-electron chi connectivity index (χ3n) is 3.71. The van der Waals surface area contributed by atoms with Gasteiger partial charge in [0, 0.05) is 5.39 Å². The number of ketones is 1. The van der Waals surface area contributed by atoms with Crippen molar-refractivity contribution >= 4 is 62.5 Å². The Morgan fingerprint density at radius 1 is 1.04 bits per heavy atom. The van der Waals surface area contributed by atoms with Crippen LogP contribution in [0.5, 0.6) is 0 Å². The van der Waals surface area contributed by atoms with Gasteiger partial charge in [0.15, 0.2) is 5.78 Å². The van der Waals surface area contributed by atoms with Gasteiger partial charge in [-0.3, -0.25) is 4.79 Å². The number of H-pyrrole nitrogens is 1. The number of nitrogens with one attached hydrogen (secondary N) is 1. The number of fused-ring (bicyclic) bond motifs is 1. The van der Waals surface area contributed by atoms with E-state index in [0.717, 1.165) is 11.3 Å². The zero-order valence-electron chi connectivity index (χ0n) is 12.5. The van der Waals surface area contributed by atoms with Gasteiger partial charge in [0.05, 0.1) is 21.2 Å². The fourth-order valence-electron chi connectivity index (χ4n) is 2.63. The third-order valence-corrected chi connectivity index (χ3v) is 5.54. The molecular formula is C16H9Cl2NO5S. The molecule has 0 saturated carbocycles. The molecule has 3 N–H and O–H groups in total. The summed E-state index contributed by atoms with van der Waals surface area (Å²) in [6, 6.07) is 4.49. The summed E-state index contributed by atoms with van der Waals surface area (Å²) in [6.07, 6.45) is 0. The number of hydrogen-bond acceptors (Lipinski definition) is 4. The van der Waals surface area contributed by atoms with Crippen LogP contribution in [0.3, 0.4) is 0 Å². The maximum Gasteiger partial charge on any atom is 0.353 e. The molecule has 0 saturated heterocycles. The Hall–Kier alpha value is -2.35. The number of thiophene rings is 1. The zero-order chi connectivity index (χ0) is 18.5. The average molecular weight is 398 g/mol. The van der Waals surface area contributed by atoms with Crippen molar-refractivity contribution in [1.29, 1.82) is 0 Å². The summed E-state index contributed by atoms with van der Waals surface area (Å²) >= 11 is 13.0. The summed E-state index contributed by atoms with van der Waals surface area (Å²) in [7, 11) is 0. The summed E-state index contributed by atoms with van der Waals surface area (Å²) in [5.74, 6) is -3.18. The molecule has 25 heavy (non-hydrogen) atoms. The molecule has 128 valence electrons. The maximum atomic E-state index is 13.0. The van der Waals surface area contributed by atoms with Gasteiger partial charge < -0.3 is 15.2 Å². The normalized spacial score (nSPS) is 11.0. The fourth-order valence-corrected chi connectivity index (χ4v) is 4.26. The Balaban J connectivity index is 2.37. The molecule has 2 aromatic heterocycles. The van der Waals surface area contributed by atoms with Gasteiger partial charge in [0.25, 0.3) is 0 Å². The molecule has 3 rings (SSSR count). The number of carbonyl (C=O) groups excluding carboxylic acids is 1. The summed E-state index contributed by atoms with van der Waals surface area (Å²) in [5.41, 5.74) is -0.208. The zero-order valence-corrected chi connectivity index (χ0v) is 14.8. The highest BCUT2D eigenvalue weighted by Crippen LogP contribution is 2.38. The highest BCUT2D eigenvalue weighted by Gasteiger charge is 2.30. The van der Waals surface area contributed by atoms with E-state index in [1.54, 1.807) is 6.07 Å². The van der Waals surface area contributed by atoms with Crippen molar-refractivity contribution in [1.82, 2.24) is 4.98 Å². The largest absolute Gasteiger partial charge is 0.477 e. The first-order chi connectivity index (χ1) is 11.7. The lowest BCUT2D eigenvalue weighted by atomic mass is 9.99. The molecule has 9 heteroatoms. The van der Waals surface area contributed by atoms with Crippen LogP contribution in [-0.4, -0.2) is 32.9 Å². The second-order valence-corrected chi connectivity index (χ2v) is 7.01. The SMILES string of the molecule is Cc1c(C(=O)O)sc2[nH]c(C(=O)O)c(C(=O)c3c(Cl)cccc3Cl)c12. The van der Waals surface area contributed by atoms with E-state index in [1.165, 1.54) is 19.1 Å². The van der Waals surface area contributed by atoms with Crippen molar-refractivity contribution in [3.63, 3.8) is 0 Å². The van der Waals surface area contributed by atoms with Gasteiger partial charge in [-0.15, -0.1) is 11.3 Å². The quantitative estimate of drug-likeness (QED) is 0.562. The Morgan fingerprint density at radius 3 is 2.16 bits per heavy atom. The van der Waals surface area contributed by atoms with E-state index in [-0.39, 0.29) is 37.1 Å². The second kappa shape index (κ2) is 6.18. The predicted octanol–water partition coefficient (Wildman–Crippen LogP) is 4.47. The van der Waals surface area contributed by atoms with E-state index in [0.29, 0.717) is 10.4 Å². The molecule has 0 aliphatic heterocycles. The van der Waals surface area contributed by atoms with Gasteiger partial charge in [-0.2, -0.15) is 0 Å². The molecule has 0 fully saturated rings. The Labute approximate surface area is 154 Å². The van der Waals surface area contributed by atoms with Crippen LogP contribution in [0.25, 0.3) is 10.2 Å². The van der Waals surface area contributed by atoms with Crippen molar-refractivity contribution in [3.8, 4) is 0 Å². The summed E-state index contributed by atoms with van der Waals surface area (Å²) < 4.78 is 0. The van der Waals surface area contributed by atoms with Crippen LogP contribution in [0.15, 0.2) is 18.2 Å². The molecule has 6 nitrogen and oxygen atoms in total. The first-order valence-electron chi connectivity index (χ1n) is 6.84. The standard InChI is InChI=1S/C16H9Cl2NO5S/c1-5-8-10(12(20)9-6(17)3-2-4-7(9)18)11(15(21)22)19-14(8)25-13(5)16(23)24/h2-4,19H,1H3,(H,21,22)(H,23,24). The molecule has 0 spiro atoms. The van der Waals surface area contributed by atoms with Crippen molar-refractivity contribution in [3.05, 3.63) is 55.5 Å². The smallest absolute Gasteiger partial charge is 0.353 e. The van der Waals surface area contributed by atoms with Gasteiger partial charge in [-0.1, -0.05) is 29.3 Å². The lowest BCUT2D eigenvalue weighted by Crippen LogP contribution is -2.10. The predicted molar refractivity (Wildman–Crippen MR) is 94.7 cm³/mol. The summed E-state index contributed by atoms with van der Waals surface area (Å²) in [5, 5.41) is 19.1. The van der Waals surface area contributed by atoms with Gasteiger partial charge in [-0.05, 0) is 24.6 Å². The summed E-state index contributed by atoms with van der Waals surface area (Å²) in [6.45, 7) is 1.52. The number of carboxylic acid groups (broad SMARTS) is 2. The number of rotatable bonds is 4. The van der Waals surface area contributed by atoms with Crippen LogP contribution in [0.1, 0.15) is 41.6 Å². The Kier molecular flexibility index (Phi) is 4.32. The minimum atomic E-state index is -1.34. The molecular weight excluding hydrogens is 389 g/mol. The lowest BCUT2D eigenvalue weighted by Gasteiger charge is -2.07. The minimum Gasteiger partial charge on any atom is -0.477 e. The molecule has 0 bridgehead atoms. The number of aromatic carboxylic acids is 2. The number of hydrogen-bond donors (Lipinski definition) is 3. The third kappa shape index (κ3) is 2.70. The number of aryl methyl sites for hydroxylation is 1. The number of halogens is 2. The van der Waals surface area contributed by atoms with Crippen molar-refractivity contribution in [2.75, 3.05) is 0 Å². The molecule has 3 aromatic rings. The minimum absolute atomic E-state index is 0.0255. The Bertz CT molecular complexity index is 1050. The van der Waals surface area contributed by atoms with Gasteiger partial charge >= 0.3 is 11.9 Å². The van der Waals surface area contributed by atoms with E-state index < -0.39 is 17.7 Å². The van der Waals surface area contributed by atoms with Crippen LogP contribution in [0.2, 0.25) is 10.0 Å². The van der Waals surface area contributed by atoms with Crippen LogP contribution < -0.4 is 0 Å². The molecule has 0 amide bonds. The van der Waals surface area contributed by atoms with Crippen molar-refractivity contribution < 1.29 is 24.6 Å². The van der Waals surface area contributed by atoms with Gasteiger partial charge in [0.1, 0.15) is 15.4 Å². The number of carboxylic acids is 2. The highest BCUT2D eigenvalue weighted by atomic mass is 35.5. The Morgan fingerprint density at radius 2 is 1.64 bits per heavy atom. The van der Waals surface area contributed by atoms with Crippen molar-refractivity contribution in [2.24, 2.45) is 0 Å². The average Bonchev–Trinajstić information content (AvgIpc) is 3.04. The van der Waals surface area contributed by atoms with Gasteiger partial charge in [0.2, 0.25) is 0 Å². The van der Waals surface area contributed by atoms with Crippen LogP contribution in [0, 0.1) is 6.92 Å². The molecule has 0 atom stereocenters. The first kappa shape index (κ1) is 17.5. The molecule has 2 heterocycles. The number of aromatic amines is 1. The monoisotopic (exact) mass is 397 g/mol. The fraction of sp³-hybridized carbons (Fsp3) is 0.0625. The number of carbonyl (C=O) groups is 3.